The lowest BCUT2D eigenvalue weighted by atomic mass is 9.88. The van der Waals surface area contributed by atoms with E-state index in [-0.39, 0.29) is 25.7 Å². The molecule has 36 heavy (non-hydrogen) atoms. The number of nitrogens with two attached hydrogens (primary N) is 1. The summed E-state index contributed by atoms with van der Waals surface area (Å²) in [6.07, 6.45) is 2.09. The molecule has 3 aromatic carbocycles. The monoisotopic (exact) mass is 490 g/mol. The van der Waals surface area contributed by atoms with Crippen molar-refractivity contribution in [2.45, 2.75) is 44.4 Å². The van der Waals surface area contributed by atoms with Gasteiger partial charge in [-0.1, -0.05) is 42.5 Å². The SMILES string of the molecule is NC(=O)Cc1cc(C(O)CN[C@H]2CCc3ccc(OCCO)cc3C2)ccc1OCc1ccccc1. The molecular weight excluding hydrogens is 456 g/mol. The normalized spacial score (nSPS) is 15.7. The molecule has 4 rings (SSSR count). The summed E-state index contributed by atoms with van der Waals surface area (Å²) in [5.41, 5.74) is 10.4. The fourth-order valence-corrected chi connectivity index (χ4v) is 4.57. The van der Waals surface area contributed by atoms with E-state index in [1.54, 1.807) is 12.1 Å². The van der Waals surface area contributed by atoms with Crippen LogP contribution in [0.3, 0.4) is 0 Å². The Bertz CT molecular complexity index is 1150. The highest BCUT2D eigenvalue weighted by atomic mass is 16.5. The van der Waals surface area contributed by atoms with Crippen LogP contribution >= 0.6 is 0 Å². The number of benzene rings is 3. The van der Waals surface area contributed by atoms with Crippen LogP contribution in [-0.2, 0) is 30.7 Å². The minimum absolute atomic E-state index is 0.0135. The fraction of sp³-hybridized carbons (Fsp3) is 0.345. The first-order chi connectivity index (χ1) is 17.5. The van der Waals surface area contributed by atoms with E-state index in [1.165, 1.54) is 11.1 Å². The molecule has 3 aromatic rings. The molecule has 1 aliphatic carbocycles. The minimum atomic E-state index is -0.736. The second-order valence-electron chi connectivity index (χ2n) is 9.15. The number of hydrogen-bond acceptors (Lipinski definition) is 6. The van der Waals surface area contributed by atoms with Gasteiger partial charge in [-0.25, -0.2) is 0 Å². The summed E-state index contributed by atoms with van der Waals surface area (Å²) in [4.78, 5) is 11.7. The highest BCUT2D eigenvalue weighted by molar-refractivity contribution is 5.77. The van der Waals surface area contributed by atoms with Gasteiger partial charge in [-0.15, -0.1) is 0 Å². The highest BCUT2D eigenvalue weighted by Gasteiger charge is 2.21. The van der Waals surface area contributed by atoms with Crippen molar-refractivity contribution in [3.8, 4) is 11.5 Å². The molecule has 0 radical (unpaired) electrons. The van der Waals surface area contributed by atoms with Crippen molar-refractivity contribution < 1.29 is 24.5 Å². The van der Waals surface area contributed by atoms with Crippen LogP contribution in [0.15, 0.2) is 66.7 Å². The maximum absolute atomic E-state index is 11.7. The number of carbonyl (C=O) groups excluding carboxylic acids is 1. The molecule has 1 amide bonds. The van der Waals surface area contributed by atoms with Gasteiger partial charge in [-0.3, -0.25) is 4.79 Å². The highest BCUT2D eigenvalue weighted by Crippen LogP contribution is 2.28. The summed E-state index contributed by atoms with van der Waals surface area (Å²) in [6, 6.07) is 21.5. The van der Waals surface area contributed by atoms with E-state index in [2.05, 4.69) is 11.4 Å². The molecule has 0 saturated heterocycles. The Kier molecular flexibility index (Phi) is 8.95. The van der Waals surface area contributed by atoms with Crippen molar-refractivity contribution in [2.75, 3.05) is 19.8 Å². The van der Waals surface area contributed by atoms with Crippen LogP contribution in [-0.4, -0.2) is 41.9 Å². The molecule has 0 heterocycles. The zero-order chi connectivity index (χ0) is 25.3. The quantitative estimate of drug-likeness (QED) is 0.311. The molecule has 7 nitrogen and oxygen atoms in total. The van der Waals surface area contributed by atoms with E-state index in [4.69, 9.17) is 20.3 Å². The number of primary amides is 1. The molecule has 0 fully saturated rings. The molecule has 0 bridgehead atoms. The predicted octanol–water partition coefficient (Wildman–Crippen LogP) is 2.85. The minimum Gasteiger partial charge on any atom is -0.491 e. The van der Waals surface area contributed by atoms with Gasteiger partial charge in [0.05, 0.1) is 19.1 Å². The van der Waals surface area contributed by atoms with Crippen LogP contribution in [0.2, 0.25) is 0 Å². The van der Waals surface area contributed by atoms with Crippen LogP contribution in [0.5, 0.6) is 11.5 Å². The van der Waals surface area contributed by atoms with Gasteiger partial charge in [0.25, 0.3) is 0 Å². The molecule has 0 aromatic heterocycles. The van der Waals surface area contributed by atoms with Crippen molar-refractivity contribution in [3.63, 3.8) is 0 Å². The summed E-state index contributed by atoms with van der Waals surface area (Å²) in [6.45, 7) is 1.04. The van der Waals surface area contributed by atoms with Gasteiger partial charge >= 0.3 is 0 Å². The van der Waals surface area contributed by atoms with Crippen LogP contribution in [0.25, 0.3) is 0 Å². The molecule has 190 valence electrons. The second-order valence-corrected chi connectivity index (χ2v) is 9.15. The van der Waals surface area contributed by atoms with E-state index in [0.29, 0.717) is 30.0 Å². The molecule has 5 N–H and O–H groups in total. The van der Waals surface area contributed by atoms with Crippen LogP contribution in [0, 0.1) is 0 Å². The maximum atomic E-state index is 11.7. The van der Waals surface area contributed by atoms with Crippen molar-refractivity contribution in [1.82, 2.24) is 5.32 Å². The average Bonchev–Trinajstić information content (AvgIpc) is 2.89. The van der Waals surface area contributed by atoms with Crippen molar-refractivity contribution in [3.05, 3.63) is 94.5 Å². The number of aliphatic hydroxyl groups is 2. The lowest BCUT2D eigenvalue weighted by molar-refractivity contribution is -0.117. The average molecular weight is 491 g/mol. The lowest BCUT2D eigenvalue weighted by Crippen LogP contribution is -2.37. The molecule has 0 spiro atoms. The van der Waals surface area contributed by atoms with E-state index >= 15 is 0 Å². The lowest BCUT2D eigenvalue weighted by Gasteiger charge is -2.27. The molecule has 7 heteroatoms. The molecular formula is C29H34N2O5. The van der Waals surface area contributed by atoms with Crippen molar-refractivity contribution >= 4 is 5.91 Å². The predicted molar refractivity (Wildman–Crippen MR) is 138 cm³/mol. The van der Waals surface area contributed by atoms with Crippen molar-refractivity contribution in [2.24, 2.45) is 5.73 Å². The van der Waals surface area contributed by atoms with E-state index in [9.17, 15) is 9.90 Å². The smallest absolute Gasteiger partial charge is 0.221 e. The molecule has 1 unspecified atom stereocenters. The number of rotatable bonds is 12. The van der Waals surface area contributed by atoms with E-state index in [0.717, 1.165) is 30.6 Å². The van der Waals surface area contributed by atoms with Gasteiger partial charge in [-0.2, -0.15) is 0 Å². The van der Waals surface area contributed by atoms with E-state index < -0.39 is 12.0 Å². The Morgan fingerprint density at radius 3 is 2.67 bits per heavy atom. The van der Waals surface area contributed by atoms with Gasteiger partial charge in [0.2, 0.25) is 5.91 Å². The third kappa shape index (κ3) is 7.07. The number of nitrogens with one attached hydrogen (secondary N) is 1. The number of aliphatic hydroxyl groups excluding tert-OH is 2. The summed E-state index contributed by atoms with van der Waals surface area (Å²) in [7, 11) is 0. The summed E-state index contributed by atoms with van der Waals surface area (Å²) >= 11 is 0. The van der Waals surface area contributed by atoms with E-state index in [1.807, 2.05) is 48.5 Å². The number of fused-ring (bicyclic) bond motifs is 1. The number of carbonyl (C=O) groups is 1. The molecule has 0 saturated carbocycles. The van der Waals surface area contributed by atoms with Crippen molar-refractivity contribution in [1.29, 1.82) is 0 Å². The zero-order valence-corrected chi connectivity index (χ0v) is 20.4. The molecule has 2 atom stereocenters. The largest absolute Gasteiger partial charge is 0.491 e. The van der Waals surface area contributed by atoms with Gasteiger partial charge < -0.3 is 30.7 Å². The number of aryl methyl sites for hydroxylation is 1. The third-order valence-corrected chi connectivity index (χ3v) is 6.44. The number of amides is 1. The molecule has 0 aliphatic heterocycles. The first-order valence-corrected chi connectivity index (χ1v) is 12.4. The van der Waals surface area contributed by atoms with Gasteiger partial charge in [0, 0.05) is 18.2 Å². The Hall–Kier alpha value is -3.39. The van der Waals surface area contributed by atoms with Gasteiger partial charge in [-0.05, 0) is 65.8 Å². The Morgan fingerprint density at radius 1 is 1.06 bits per heavy atom. The standard InChI is InChI=1S/C29H34N2O5/c30-29(34)17-24-14-22(8-11-28(24)36-19-20-4-2-1-3-5-20)27(33)18-31-25-9-6-21-7-10-26(35-13-12-32)16-23(21)15-25/h1-5,7-8,10-11,14,16,25,27,31-33H,6,9,12-13,15,17-19H2,(H2,30,34)/t25-,27?/m0/s1. The number of ether oxygens (including phenoxy) is 2. The number of hydrogen-bond donors (Lipinski definition) is 4. The topological polar surface area (TPSA) is 114 Å². The third-order valence-electron chi connectivity index (χ3n) is 6.44. The maximum Gasteiger partial charge on any atom is 0.221 e. The Balaban J connectivity index is 1.37. The van der Waals surface area contributed by atoms with Crippen LogP contribution in [0.4, 0.5) is 0 Å². The summed E-state index contributed by atoms with van der Waals surface area (Å²) < 4.78 is 11.5. The Morgan fingerprint density at radius 2 is 1.89 bits per heavy atom. The summed E-state index contributed by atoms with van der Waals surface area (Å²) in [5, 5.41) is 23.4. The first kappa shape index (κ1) is 25.7. The summed E-state index contributed by atoms with van der Waals surface area (Å²) in [5.74, 6) is 0.900. The zero-order valence-electron chi connectivity index (χ0n) is 20.4. The van der Waals surface area contributed by atoms with Gasteiger partial charge in [0.15, 0.2) is 0 Å². The second kappa shape index (κ2) is 12.5. The fourth-order valence-electron chi connectivity index (χ4n) is 4.57. The van der Waals surface area contributed by atoms with Crippen LogP contribution in [0.1, 0.15) is 40.3 Å². The Labute approximate surface area is 211 Å². The van der Waals surface area contributed by atoms with Crippen LogP contribution < -0.4 is 20.5 Å². The molecule has 1 aliphatic rings. The first-order valence-electron chi connectivity index (χ1n) is 12.4. The van der Waals surface area contributed by atoms with Gasteiger partial charge in [0.1, 0.15) is 24.7 Å².